The van der Waals surface area contributed by atoms with Gasteiger partial charge in [-0.3, -0.25) is 0 Å². The van der Waals surface area contributed by atoms with Crippen LogP contribution >= 0.6 is 27.7 Å². The second-order valence-electron chi connectivity index (χ2n) is 2.48. The van der Waals surface area contributed by atoms with Crippen molar-refractivity contribution in [3.05, 3.63) is 24.3 Å². The molecule has 0 N–H and O–H groups in total. The van der Waals surface area contributed by atoms with Crippen LogP contribution in [-0.4, -0.2) is 16.1 Å². The highest BCUT2D eigenvalue weighted by molar-refractivity contribution is 9.09. The van der Waals surface area contributed by atoms with Crippen LogP contribution in [0.3, 0.4) is 0 Å². The maximum absolute atomic E-state index is 5.50. The van der Waals surface area contributed by atoms with Crippen LogP contribution in [0.4, 0.5) is 0 Å². The number of rotatable bonds is 3. The number of nitrogens with zero attached hydrogens (tertiary/aromatic N) is 1. The van der Waals surface area contributed by atoms with Gasteiger partial charge in [-0.25, -0.2) is 4.98 Å². The topological polar surface area (TPSA) is 26.0 Å². The van der Waals surface area contributed by atoms with Gasteiger partial charge >= 0.3 is 0 Å². The lowest BCUT2D eigenvalue weighted by atomic mass is 10.3. The van der Waals surface area contributed by atoms with E-state index < -0.39 is 0 Å². The lowest BCUT2D eigenvalue weighted by molar-refractivity contribution is 0.489. The largest absolute Gasteiger partial charge is 0.431 e. The van der Waals surface area contributed by atoms with Crippen molar-refractivity contribution in [2.75, 3.05) is 11.1 Å². The van der Waals surface area contributed by atoms with E-state index in [9.17, 15) is 0 Å². The van der Waals surface area contributed by atoms with Crippen molar-refractivity contribution < 1.29 is 4.42 Å². The van der Waals surface area contributed by atoms with Crippen LogP contribution in [0, 0.1) is 0 Å². The first kappa shape index (κ1) is 9.09. The Kier molecular flexibility index (Phi) is 2.90. The summed E-state index contributed by atoms with van der Waals surface area (Å²) in [5.74, 6) is 0.979. The van der Waals surface area contributed by atoms with E-state index in [2.05, 4.69) is 20.9 Å². The maximum atomic E-state index is 5.50. The van der Waals surface area contributed by atoms with Gasteiger partial charge in [0.1, 0.15) is 5.52 Å². The van der Waals surface area contributed by atoms with Crippen LogP contribution in [-0.2, 0) is 0 Å². The van der Waals surface area contributed by atoms with Crippen LogP contribution in [0.25, 0.3) is 11.1 Å². The van der Waals surface area contributed by atoms with Gasteiger partial charge in [0.2, 0.25) is 0 Å². The van der Waals surface area contributed by atoms with Crippen molar-refractivity contribution in [2.24, 2.45) is 0 Å². The molecule has 68 valence electrons. The quantitative estimate of drug-likeness (QED) is 0.624. The summed E-state index contributed by atoms with van der Waals surface area (Å²) in [6, 6.07) is 7.80. The van der Waals surface area contributed by atoms with Crippen LogP contribution in [0.5, 0.6) is 0 Å². The van der Waals surface area contributed by atoms with Crippen molar-refractivity contribution in [1.29, 1.82) is 0 Å². The van der Waals surface area contributed by atoms with Crippen LogP contribution in [0.1, 0.15) is 0 Å². The fourth-order valence-corrected chi connectivity index (χ4v) is 2.09. The number of alkyl halides is 1. The molecule has 13 heavy (non-hydrogen) atoms. The molecule has 0 aliphatic heterocycles. The summed E-state index contributed by atoms with van der Waals surface area (Å²) in [4.78, 5) is 4.33. The Hall–Kier alpha value is -0.480. The molecule has 0 bridgehead atoms. The molecular weight excluding hydrogens is 250 g/mol. The number of fused-ring (bicyclic) bond motifs is 1. The lowest BCUT2D eigenvalue weighted by Crippen LogP contribution is -1.77. The highest BCUT2D eigenvalue weighted by atomic mass is 79.9. The number of aromatic nitrogens is 1. The minimum atomic E-state index is 0.751. The lowest BCUT2D eigenvalue weighted by Gasteiger charge is -1.88. The molecule has 0 unspecified atom stereocenters. The number of thioether (sulfide) groups is 1. The molecule has 1 aromatic carbocycles. The molecule has 1 aromatic heterocycles. The van der Waals surface area contributed by atoms with Crippen LogP contribution in [0.15, 0.2) is 33.9 Å². The van der Waals surface area contributed by atoms with Gasteiger partial charge in [-0.2, -0.15) is 0 Å². The zero-order valence-electron chi connectivity index (χ0n) is 6.87. The number of hydrogen-bond acceptors (Lipinski definition) is 3. The van der Waals surface area contributed by atoms with Crippen molar-refractivity contribution >= 4 is 38.8 Å². The summed E-state index contributed by atoms with van der Waals surface area (Å²) in [6.07, 6.45) is 0. The zero-order valence-corrected chi connectivity index (χ0v) is 9.27. The van der Waals surface area contributed by atoms with Gasteiger partial charge in [0, 0.05) is 11.1 Å². The summed E-state index contributed by atoms with van der Waals surface area (Å²) in [5.41, 5.74) is 1.79. The first-order chi connectivity index (χ1) is 6.40. The predicted molar refractivity (Wildman–Crippen MR) is 58.5 cm³/mol. The highest BCUT2D eigenvalue weighted by Crippen LogP contribution is 2.22. The fraction of sp³-hybridized carbons (Fsp3) is 0.222. The molecule has 0 amide bonds. The first-order valence-electron chi connectivity index (χ1n) is 3.94. The normalized spacial score (nSPS) is 10.8. The summed E-state index contributed by atoms with van der Waals surface area (Å²) in [5, 5.41) is 1.71. The summed E-state index contributed by atoms with van der Waals surface area (Å²) in [7, 11) is 0. The Morgan fingerprint density at radius 2 is 2.23 bits per heavy atom. The van der Waals surface area contributed by atoms with Gasteiger partial charge < -0.3 is 4.42 Å². The molecular formula is C9H8BrNOS. The Balaban J connectivity index is 2.28. The molecule has 2 aromatic rings. The first-order valence-corrected chi connectivity index (χ1v) is 6.05. The van der Waals surface area contributed by atoms with Crippen LogP contribution in [0.2, 0.25) is 0 Å². The van der Waals surface area contributed by atoms with E-state index in [0.29, 0.717) is 0 Å². The van der Waals surface area contributed by atoms with E-state index in [0.717, 1.165) is 27.4 Å². The minimum Gasteiger partial charge on any atom is -0.431 e. The summed E-state index contributed by atoms with van der Waals surface area (Å²) in [6.45, 7) is 0. The fourth-order valence-electron chi connectivity index (χ4n) is 1.04. The maximum Gasteiger partial charge on any atom is 0.256 e. The van der Waals surface area contributed by atoms with Gasteiger partial charge in [-0.15, -0.1) is 0 Å². The number of hydrogen-bond donors (Lipinski definition) is 0. The molecule has 2 rings (SSSR count). The molecule has 2 nitrogen and oxygen atoms in total. The monoisotopic (exact) mass is 257 g/mol. The van der Waals surface area contributed by atoms with E-state index in [1.54, 1.807) is 11.8 Å². The zero-order chi connectivity index (χ0) is 9.10. The summed E-state index contributed by atoms with van der Waals surface area (Å²) < 4.78 is 5.50. The number of halogens is 1. The van der Waals surface area contributed by atoms with E-state index in [1.165, 1.54) is 0 Å². The van der Waals surface area contributed by atoms with Crippen molar-refractivity contribution in [1.82, 2.24) is 4.98 Å². The van der Waals surface area contributed by atoms with Gasteiger partial charge in [-0.05, 0) is 12.1 Å². The Bertz CT molecular complexity index is 368. The summed E-state index contributed by atoms with van der Waals surface area (Å²) >= 11 is 4.98. The average molecular weight is 258 g/mol. The Morgan fingerprint density at radius 3 is 3.00 bits per heavy atom. The average Bonchev–Trinajstić information content (AvgIpc) is 2.57. The van der Waals surface area contributed by atoms with Gasteiger partial charge in [-0.1, -0.05) is 39.8 Å². The third kappa shape index (κ3) is 2.06. The van der Waals surface area contributed by atoms with E-state index in [1.807, 2.05) is 24.3 Å². The molecule has 0 aliphatic rings. The van der Waals surface area contributed by atoms with E-state index >= 15 is 0 Å². The molecule has 1 heterocycles. The minimum absolute atomic E-state index is 0.751. The molecule has 0 fully saturated rings. The van der Waals surface area contributed by atoms with Crippen molar-refractivity contribution in [2.45, 2.75) is 5.22 Å². The van der Waals surface area contributed by atoms with Crippen molar-refractivity contribution in [3.8, 4) is 0 Å². The van der Waals surface area contributed by atoms with Gasteiger partial charge in [0.25, 0.3) is 5.22 Å². The molecule has 0 saturated carbocycles. The second-order valence-corrected chi connectivity index (χ2v) is 4.32. The Labute approximate surface area is 88.8 Å². The van der Waals surface area contributed by atoms with Crippen molar-refractivity contribution in [3.63, 3.8) is 0 Å². The number of benzene rings is 1. The predicted octanol–water partition coefficient (Wildman–Crippen LogP) is 3.31. The molecule has 0 spiro atoms. The number of oxazole rings is 1. The third-order valence-corrected chi connectivity index (χ3v) is 3.33. The molecule has 0 saturated heterocycles. The van der Waals surface area contributed by atoms with E-state index in [-0.39, 0.29) is 0 Å². The standard InChI is InChI=1S/C9H8BrNOS/c10-5-6-13-9-11-7-3-1-2-4-8(7)12-9/h1-4H,5-6H2. The second kappa shape index (κ2) is 4.15. The Morgan fingerprint density at radius 1 is 1.38 bits per heavy atom. The van der Waals surface area contributed by atoms with Gasteiger partial charge in [0.05, 0.1) is 0 Å². The smallest absolute Gasteiger partial charge is 0.256 e. The molecule has 0 aliphatic carbocycles. The van der Waals surface area contributed by atoms with E-state index in [4.69, 9.17) is 4.42 Å². The third-order valence-electron chi connectivity index (χ3n) is 1.58. The molecule has 0 atom stereocenters. The molecule has 0 radical (unpaired) electrons. The van der Waals surface area contributed by atoms with Crippen LogP contribution < -0.4 is 0 Å². The molecule has 4 heteroatoms. The van der Waals surface area contributed by atoms with Gasteiger partial charge in [0.15, 0.2) is 5.58 Å². The number of para-hydroxylation sites is 2. The SMILES string of the molecule is BrCCSc1nc2ccccc2o1. The highest BCUT2D eigenvalue weighted by Gasteiger charge is 2.03.